The maximum atomic E-state index is 9.39. The number of halogens is 1. The van der Waals surface area contributed by atoms with Gasteiger partial charge >= 0.3 is 0 Å². The van der Waals surface area contributed by atoms with Crippen molar-refractivity contribution in [3.63, 3.8) is 0 Å². The van der Waals surface area contributed by atoms with Gasteiger partial charge in [0.15, 0.2) is 0 Å². The Hall–Kier alpha value is -2.76. The van der Waals surface area contributed by atoms with E-state index in [1.807, 2.05) is 55.8 Å². The average molecular weight is 351 g/mol. The lowest BCUT2D eigenvalue weighted by Gasteiger charge is -2.05. The normalized spacial score (nSPS) is 11.2. The highest BCUT2D eigenvalue weighted by molar-refractivity contribution is 6.29. The van der Waals surface area contributed by atoms with E-state index in [1.165, 1.54) is 0 Å². The number of hydrogen-bond donors (Lipinski definition) is 1. The second-order valence-corrected chi connectivity index (χ2v) is 6.21. The largest absolute Gasteiger partial charge is 0.392 e. The summed E-state index contributed by atoms with van der Waals surface area (Å²) in [7, 11) is 1.88. The van der Waals surface area contributed by atoms with E-state index in [0.29, 0.717) is 5.15 Å². The van der Waals surface area contributed by atoms with Crippen molar-refractivity contribution in [1.29, 1.82) is 0 Å². The molecule has 5 nitrogen and oxygen atoms in total. The van der Waals surface area contributed by atoms with Crippen LogP contribution in [0.2, 0.25) is 5.15 Å². The van der Waals surface area contributed by atoms with Gasteiger partial charge in [0.05, 0.1) is 17.6 Å². The Kier molecular flexibility index (Phi) is 3.95. The Morgan fingerprint density at radius 1 is 1.08 bits per heavy atom. The van der Waals surface area contributed by atoms with Gasteiger partial charge in [0.2, 0.25) is 0 Å². The molecule has 6 heteroatoms. The summed E-state index contributed by atoms with van der Waals surface area (Å²) in [6, 6.07) is 13.3. The first-order valence-corrected chi connectivity index (χ1v) is 8.18. The number of nitrogens with zero attached hydrogens (tertiary/aromatic N) is 4. The van der Waals surface area contributed by atoms with E-state index in [-0.39, 0.29) is 6.61 Å². The minimum absolute atomic E-state index is 0.00401. The predicted molar refractivity (Wildman–Crippen MR) is 98.1 cm³/mol. The molecule has 0 saturated heterocycles. The summed E-state index contributed by atoms with van der Waals surface area (Å²) < 4.78 is 1.77. The first kappa shape index (κ1) is 15.7. The lowest BCUT2D eigenvalue weighted by atomic mass is 10.0. The maximum Gasteiger partial charge on any atom is 0.129 e. The van der Waals surface area contributed by atoms with Crippen LogP contribution in [-0.2, 0) is 13.7 Å². The number of aliphatic hydroxyl groups excluding tert-OH is 1. The van der Waals surface area contributed by atoms with Crippen molar-refractivity contribution in [3.8, 4) is 22.4 Å². The van der Waals surface area contributed by atoms with Gasteiger partial charge in [0.25, 0.3) is 0 Å². The molecule has 4 rings (SSSR count). The summed E-state index contributed by atoms with van der Waals surface area (Å²) in [5.41, 5.74) is 6.03. The third kappa shape index (κ3) is 2.99. The van der Waals surface area contributed by atoms with Crippen molar-refractivity contribution in [3.05, 3.63) is 65.6 Å². The molecule has 1 N–H and O–H groups in total. The second kappa shape index (κ2) is 6.27. The summed E-state index contributed by atoms with van der Waals surface area (Å²) in [5, 5.41) is 14.4. The van der Waals surface area contributed by atoms with Crippen molar-refractivity contribution < 1.29 is 5.11 Å². The molecule has 0 bridgehead atoms. The monoisotopic (exact) mass is 350 g/mol. The van der Waals surface area contributed by atoms with Crippen LogP contribution in [0.4, 0.5) is 0 Å². The number of benzene rings is 1. The first-order chi connectivity index (χ1) is 12.1. The van der Waals surface area contributed by atoms with E-state index in [2.05, 4.69) is 15.1 Å². The van der Waals surface area contributed by atoms with Crippen LogP contribution in [0.5, 0.6) is 0 Å². The molecule has 4 aromatic rings. The lowest BCUT2D eigenvalue weighted by molar-refractivity contribution is 0.282. The molecular formula is C19H15ClN4O. The van der Waals surface area contributed by atoms with Crippen LogP contribution < -0.4 is 0 Å². The number of aromatic nitrogens is 4. The maximum absolute atomic E-state index is 9.39. The molecule has 0 radical (unpaired) electrons. The van der Waals surface area contributed by atoms with Gasteiger partial charge in [-0.25, -0.2) is 4.98 Å². The summed E-state index contributed by atoms with van der Waals surface area (Å²) in [4.78, 5) is 8.82. The molecule has 124 valence electrons. The highest BCUT2D eigenvalue weighted by atomic mass is 35.5. The Morgan fingerprint density at radius 2 is 1.96 bits per heavy atom. The SMILES string of the molecule is Cn1cc(-c2cnc3ccc(Cl)nc3c2)c(-c2cccc(CO)c2)n1. The van der Waals surface area contributed by atoms with Crippen LogP contribution in [0, 0.1) is 0 Å². The number of fused-ring (bicyclic) bond motifs is 1. The molecular weight excluding hydrogens is 336 g/mol. The zero-order valence-electron chi connectivity index (χ0n) is 13.5. The van der Waals surface area contributed by atoms with Crippen molar-refractivity contribution in [2.45, 2.75) is 6.61 Å². The lowest BCUT2D eigenvalue weighted by Crippen LogP contribution is -1.90. The molecule has 0 aliphatic carbocycles. The molecule has 0 fully saturated rings. The minimum Gasteiger partial charge on any atom is -0.392 e. The molecule has 1 aromatic carbocycles. The van der Waals surface area contributed by atoms with Gasteiger partial charge in [-0.1, -0.05) is 29.8 Å². The van der Waals surface area contributed by atoms with Crippen LogP contribution in [0.1, 0.15) is 5.56 Å². The Morgan fingerprint density at radius 3 is 2.80 bits per heavy atom. The molecule has 0 atom stereocenters. The molecule has 0 spiro atoms. The second-order valence-electron chi connectivity index (χ2n) is 5.82. The van der Waals surface area contributed by atoms with Gasteiger partial charge in [-0.05, 0) is 29.8 Å². The van der Waals surface area contributed by atoms with Crippen LogP contribution in [0.15, 0.2) is 54.9 Å². The number of rotatable bonds is 3. The molecule has 0 aliphatic heterocycles. The number of aliphatic hydroxyl groups is 1. The topological polar surface area (TPSA) is 63.8 Å². The van der Waals surface area contributed by atoms with E-state index in [1.54, 1.807) is 10.7 Å². The van der Waals surface area contributed by atoms with Crippen LogP contribution in [-0.4, -0.2) is 24.9 Å². The predicted octanol–water partition coefficient (Wildman–Crippen LogP) is 3.84. The average Bonchev–Trinajstić information content (AvgIpc) is 3.03. The fourth-order valence-electron chi connectivity index (χ4n) is 2.86. The van der Waals surface area contributed by atoms with Crippen molar-refractivity contribution in [1.82, 2.24) is 19.7 Å². The van der Waals surface area contributed by atoms with Crippen molar-refractivity contribution in [2.24, 2.45) is 7.05 Å². The standard InChI is InChI=1S/C19H15ClN4O/c1-24-10-15(19(23-24)13-4-2-3-12(7-13)11-25)14-8-17-16(21-9-14)5-6-18(20)22-17/h2-10,25H,11H2,1H3. The number of pyridine rings is 2. The summed E-state index contributed by atoms with van der Waals surface area (Å²) >= 11 is 6.00. The fourth-order valence-corrected chi connectivity index (χ4v) is 3.01. The van der Waals surface area contributed by atoms with Gasteiger partial charge in [-0.3, -0.25) is 9.67 Å². The summed E-state index contributed by atoms with van der Waals surface area (Å²) in [5.74, 6) is 0. The van der Waals surface area contributed by atoms with Crippen molar-refractivity contribution in [2.75, 3.05) is 0 Å². The fraction of sp³-hybridized carbons (Fsp3) is 0.105. The van der Waals surface area contributed by atoms with E-state index in [4.69, 9.17) is 11.6 Å². The van der Waals surface area contributed by atoms with Gasteiger partial charge in [-0.15, -0.1) is 0 Å². The van der Waals surface area contributed by atoms with Crippen LogP contribution in [0.25, 0.3) is 33.4 Å². The molecule has 3 heterocycles. The smallest absolute Gasteiger partial charge is 0.129 e. The van der Waals surface area contributed by atoms with Crippen LogP contribution >= 0.6 is 11.6 Å². The van der Waals surface area contributed by atoms with Crippen molar-refractivity contribution >= 4 is 22.6 Å². The van der Waals surface area contributed by atoms with E-state index in [0.717, 1.165) is 39.0 Å². The molecule has 0 saturated carbocycles. The highest BCUT2D eigenvalue weighted by Crippen LogP contribution is 2.32. The van der Waals surface area contributed by atoms with Gasteiger partial charge in [0.1, 0.15) is 10.8 Å². The Labute approximate surface area is 149 Å². The van der Waals surface area contributed by atoms with E-state index >= 15 is 0 Å². The van der Waals surface area contributed by atoms with E-state index < -0.39 is 0 Å². The van der Waals surface area contributed by atoms with Gasteiger partial charge in [-0.2, -0.15) is 5.10 Å². The molecule has 0 unspecified atom stereocenters. The molecule has 0 amide bonds. The van der Waals surface area contributed by atoms with E-state index in [9.17, 15) is 5.11 Å². The van der Waals surface area contributed by atoms with Crippen LogP contribution in [0.3, 0.4) is 0 Å². The Balaban J connectivity index is 1.88. The zero-order valence-corrected chi connectivity index (χ0v) is 14.3. The quantitative estimate of drug-likeness (QED) is 0.570. The number of aryl methyl sites for hydroxylation is 1. The highest BCUT2D eigenvalue weighted by Gasteiger charge is 2.14. The molecule has 3 aromatic heterocycles. The summed E-state index contributed by atoms with van der Waals surface area (Å²) in [6.45, 7) is -0.00401. The molecule has 0 aliphatic rings. The summed E-state index contributed by atoms with van der Waals surface area (Å²) in [6.07, 6.45) is 3.77. The third-order valence-electron chi connectivity index (χ3n) is 4.03. The first-order valence-electron chi connectivity index (χ1n) is 7.80. The Bertz CT molecular complexity index is 1070. The van der Waals surface area contributed by atoms with Gasteiger partial charge < -0.3 is 5.11 Å². The number of hydrogen-bond acceptors (Lipinski definition) is 4. The zero-order chi connectivity index (χ0) is 17.4. The molecule has 25 heavy (non-hydrogen) atoms. The van der Waals surface area contributed by atoms with Gasteiger partial charge in [0, 0.05) is 36.1 Å². The third-order valence-corrected chi connectivity index (χ3v) is 4.24. The minimum atomic E-state index is -0.00401.